The Morgan fingerprint density at radius 1 is 1.50 bits per heavy atom. The van der Waals surface area contributed by atoms with Gasteiger partial charge in [-0.2, -0.15) is 0 Å². The molecule has 0 aliphatic rings. The molecule has 0 radical (unpaired) electrons. The Bertz CT molecular complexity index is 382. The number of anilines is 2. The van der Waals surface area contributed by atoms with Crippen molar-refractivity contribution in [3.8, 4) is 0 Å². The van der Waals surface area contributed by atoms with Crippen molar-refractivity contribution in [3.63, 3.8) is 0 Å². The first-order valence-electron chi connectivity index (χ1n) is 4.87. The topological polar surface area (TPSA) is 47.3 Å². The molecule has 0 aliphatic heterocycles. The molecule has 90 valence electrons. The first-order valence-corrected chi connectivity index (χ1v) is 5.66. The van der Waals surface area contributed by atoms with Gasteiger partial charge in [-0.15, -0.1) is 0 Å². The van der Waals surface area contributed by atoms with Gasteiger partial charge in [-0.1, -0.05) is 0 Å². The minimum atomic E-state index is -0.343. The summed E-state index contributed by atoms with van der Waals surface area (Å²) in [4.78, 5) is 0. The predicted molar refractivity (Wildman–Crippen MR) is 68.1 cm³/mol. The largest absolute Gasteiger partial charge is 0.397 e. The molecule has 0 atom stereocenters. The number of benzene rings is 1. The van der Waals surface area contributed by atoms with Gasteiger partial charge in [-0.3, -0.25) is 0 Å². The third-order valence-corrected chi connectivity index (χ3v) is 2.68. The molecular weight excluding hydrogens is 275 g/mol. The van der Waals surface area contributed by atoms with Crippen LogP contribution < -0.4 is 11.1 Å². The molecule has 1 rings (SSSR count). The van der Waals surface area contributed by atoms with E-state index in [0.717, 1.165) is 0 Å². The quantitative estimate of drug-likeness (QED) is 0.838. The highest BCUT2D eigenvalue weighted by Crippen LogP contribution is 2.28. The van der Waals surface area contributed by atoms with Gasteiger partial charge in [-0.05, 0) is 35.8 Å². The maximum atomic E-state index is 13.3. The fourth-order valence-electron chi connectivity index (χ4n) is 1.43. The number of halogens is 2. The highest BCUT2D eigenvalue weighted by Gasteiger charge is 2.19. The summed E-state index contributed by atoms with van der Waals surface area (Å²) in [6.07, 6.45) is 0. The van der Waals surface area contributed by atoms with Gasteiger partial charge < -0.3 is 15.8 Å². The summed E-state index contributed by atoms with van der Waals surface area (Å²) >= 11 is 3.08. The van der Waals surface area contributed by atoms with Crippen LogP contribution in [-0.2, 0) is 4.74 Å². The van der Waals surface area contributed by atoms with Crippen LogP contribution in [0.3, 0.4) is 0 Å². The van der Waals surface area contributed by atoms with Crippen molar-refractivity contribution < 1.29 is 9.13 Å². The van der Waals surface area contributed by atoms with Gasteiger partial charge in [0.15, 0.2) is 0 Å². The molecule has 0 saturated heterocycles. The van der Waals surface area contributed by atoms with Crippen LogP contribution >= 0.6 is 15.9 Å². The fourth-order valence-corrected chi connectivity index (χ4v) is 1.79. The van der Waals surface area contributed by atoms with Crippen molar-refractivity contribution in [1.29, 1.82) is 0 Å². The van der Waals surface area contributed by atoms with E-state index in [1.807, 2.05) is 13.8 Å². The minimum Gasteiger partial charge on any atom is -0.397 e. The molecule has 0 aliphatic carbocycles. The van der Waals surface area contributed by atoms with Crippen molar-refractivity contribution in [3.05, 3.63) is 22.4 Å². The molecule has 0 bridgehead atoms. The Morgan fingerprint density at radius 2 is 2.12 bits per heavy atom. The summed E-state index contributed by atoms with van der Waals surface area (Å²) in [6.45, 7) is 4.41. The van der Waals surface area contributed by atoms with Crippen LogP contribution in [-0.4, -0.2) is 19.3 Å². The molecule has 3 nitrogen and oxygen atoms in total. The number of methoxy groups -OCH3 is 1. The standard InChI is InChI=1S/C11H16BrFN2O/c1-11(2,6-16-3)15-10-5-8(13)7(12)4-9(10)14/h4-5,15H,6,14H2,1-3H3. The van der Waals surface area contributed by atoms with Crippen LogP contribution in [0.15, 0.2) is 16.6 Å². The van der Waals surface area contributed by atoms with Gasteiger partial charge >= 0.3 is 0 Å². The monoisotopic (exact) mass is 290 g/mol. The molecule has 0 unspecified atom stereocenters. The minimum absolute atomic E-state index is 0.302. The molecule has 16 heavy (non-hydrogen) atoms. The van der Waals surface area contributed by atoms with Gasteiger partial charge in [0.1, 0.15) is 5.82 Å². The molecule has 1 aromatic carbocycles. The first kappa shape index (κ1) is 13.3. The van der Waals surface area contributed by atoms with E-state index in [4.69, 9.17) is 10.5 Å². The van der Waals surface area contributed by atoms with Crippen LogP contribution in [0.5, 0.6) is 0 Å². The molecule has 0 spiro atoms. The lowest BCUT2D eigenvalue weighted by Crippen LogP contribution is -2.36. The Morgan fingerprint density at radius 3 is 2.69 bits per heavy atom. The maximum absolute atomic E-state index is 13.3. The number of nitrogens with two attached hydrogens (primary N) is 1. The molecule has 0 amide bonds. The van der Waals surface area contributed by atoms with Crippen LogP contribution in [0.4, 0.5) is 15.8 Å². The normalized spacial score (nSPS) is 11.6. The first-order chi connectivity index (χ1) is 7.35. The van der Waals surface area contributed by atoms with E-state index in [0.29, 0.717) is 22.5 Å². The number of nitrogen functional groups attached to an aromatic ring is 1. The molecule has 0 saturated carbocycles. The fraction of sp³-hybridized carbons (Fsp3) is 0.455. The summed E-state index contributed by atoms with van der Waals surface area (Å²) in [5.74, 6) is -0.343. The van der Waals surface area contributed by atoms with Gasteiger partial charge in [0.05, 0.1) is 28.0 Å². The summed E-state index contributed by atoms with van der Waals surface area (Å²) in [7, 11) is 1.62. The zero-order valence-electron chi connectivity index (χ0n) is 9.60. The van der Waals surface area contributed by atoms with E-state index in [1.54, 1.807) is 13.2 Å². The third kappa shape index (κ3) is 3.35. The van der Waals surface area contributed by atoms with E-state index in [2.05, 4.69) is 21.2 Å². The molecule has 0 aromatic heterocycles. The second kappa shape index (κ2) is 5.01. The number of nitrogens with one attached hydrogen (secondary N) is 1. The van der Waals surface area contributed by atoms with E-state index in [1.165, 1.54) is 6.07 Å². The summed E-state index contributed by atoms with van der Waals surface area (Å²) in [5.41, 5.74) is 6.56. The zero-order chi connectivity index (χ0) is 12.3. The van der Waals surface area contributed by atoms with Crippen molar-refractivity contribution >= 4 is 27.3 Å². The molecule has 5 heteroatoms. The average Bonchev–Trinajstić information content (AvgIpc) is 2.13. The predicted octanol–water partition coefficient (Wildman–Crippen LogP) is 3.01. The lowest BCUT2D eigenvalue weighted by molar-refractivity contribution is 0.158. The van der Waals surface area contributed by atoms with Crippen molar-refractivity contribution in [2.24, 2.45) is 0 Å². The van der Waals surface area contributed by atoms with Crippen LogP contribution in [0.1, 0.15) is 13.8 Å². The van der Waals surface area contributed by atoms with Crippen LogP contribution in [0, 0.1) is 5.82 Å². The van der Waals surface area contributed by atoms with Gasteiger partial charge in [0.25, 0.3) is 0 Å². The third-order valence-electron chi connectivity index (χ3n) is 2.07. The second-order valence-electron chi connectivity index (χ2n) is 4.30. The number of hydrogen-bond acceptors (Lipinski definition) is 3. The number of ether oxygens (including phenoxy) is 1. The molecule has 3 N–H and O–H groups in total. The van der Waals surface area contributed by atoms with E-state index in [9.17, 15) is 4.39 Å². The molecule has 1 aromatic rings. The second-order valence-corrected chi connectivity index (χ2v) is 5.15. The van der Waals surface area contributed by atoms with E-state index in [-0.39, 0.29) is 11.4 Å². The van der Waals surface area contributed by atoms with Crippen molar-refractivity contribution in [1.82, 2.24) is 0 Å². The molecule has 0 heterocycles. The van der Waals surface area contributed by atoms with Crippen LogP contribution in [0.2, 0.25) is 0 Å². The van der Waals surface area contributed by atoms with E-state index >= 15 is 0 Å². The van der Waals surface area contributed by atoms with E-state index < -0.39 is 0 Å². The Balaban J connectivity index is 2.93. The highest BCUT2D eigenvalue weighted by molar-refractivity contribution is 9.10. The highest BCUT2D eigenvalue weighted by atomic mass is 79.9. The lowest BCUT2D eigenvalue weighted by atomic mass is 10.1. The molecular formula is C11H16BrFN2O. The maximum Gasteiger partial charge on any atom is 0.139 e. The lowest BCUT2D eigenvalue weighted by Gasteiger charge is -2.27. The van der Waals surface area contributed by atoms with Crippen molar-refractivity contribution in [2.75, 3.05) is 24.8 Å². The Kier molecular flexibility index (Phi) is 4.15. The summed E-state index contributed by atoms with van der Waals surface area (Å²) < 4.78 is 18.8. The van der Waals surface area contributed by atoms with Gasteiger partial charge in [0, 0.05) is 13.2 Å². The number of hydrogen-bond donors (Lipinski definition) is 2. The van der Waals surface area contributed by atoms with Gasteiger partial charge in [0.2, 0.25) is 0 Å². The number of rotatable bonds is 4. The average molecular weight is 291 g/mol. The molecule has 0 fully saturated rings. The zero-order valence-corrected chi connectivity index (χ0v) is 11.2. The SMILES string of the molecule is COCC(C)(C)Nc1cc(F)c(Br)cc1N. The van der Waals surface area contributed by atoms with Gasteiger partial charge in [-0.25, -0.2) is 4.39 Å². The Labute approximate surface area is 103 Å². The van der Waals surface area contributed by atoms with Crippen molar-refractivity contribution in [2.45, 2.75) is 19.4 Å². The van der Waals surface area contributed by atoms with Crippen LogP contribution in [0.25, 0.3) is 0 Å². The smallest absolute Gasteiger partial charge is 0.139 e. The summed E-state index contributed by atoms with van der Waals surface area (Å²) in [5, 5.41) is 3.14. The summed E-state index contributed by atoms with van der Waals surface area (Å²) in [6, 6.07) is 2.91. The Hall–Kier alpha value is -0.810.